The van der Waals surface area contributed by atoms with E-state index < -0.39 is 5.97 Å². The van der Waals surface area contributed by atoms with Crippen LogP contribution in [0.3, 0.4) is 0 Å². The van der Waals surface area contributed by atoms with E-state index in [9.17, 15) is 4.79 Å². The zero-order valence-corrected chi connectivity index (χ0v) is 11.2. The number of methoxy groups -OCH3 is 1. The molecule has 1 N–H and O–H groups in total. The molecule has 0 spiro atoms. The highest BCUT2D eigenvalue weighted by Gasteiger charge is 2.30. The molecule has 1 aliphatic heterocycles. The number of rotatable bonds is 3. The van der Waals surface area contributed by atoms with Crippen molar-refractivity contribution in [1.29, 1.82) is 0 Å². The Labute approximate surface area is 107 Å². The van der Waals surface area contributed by atoms with Crippen LogP contribution in [-0.4, -0.2) is 43.2 Å². The maximum Gasteiger partial charge on any atom is 0.373 e. The van der Waals surface area contributed by atoms with Gasteiger partial charge in [-0.15, -0.1) is 0 Å². The molecule has 2 rings (SSSR count). The summed E-state index contributed by atoms with van der Waals surface area (Å²) in [6.07, 6.45) is 0. The van der Waals surface area contributed by atoms with Crippen molar-refractivity contribution in [2.24, 2.45) is 0 Å². The van der Waals surface area contributed by atoms with Gasteiger partial charge in [-0.3, -0.25) is 4.90 Å². The van der Waals surface area contributed by atoms with Gasteiger partial charge in [0.05, 0.1) is 13.7 Å². The molecule has 18 heavy (non-hydrogen) atoms. The van der Waals surface area contributed by atoms with Crippen molar-refractivity contribution in [3.63, 3.8) is 0 Å². The molecule has 0 unspecified atom stereocenters. The first-order chi connectivity index (χ1) is 8.53. The van der Waals surface area contributed by atoms with E-state index in [1.807, 2.05) is 6.07 Å². The molecule has 1 fully saturated rings. The lowest BCUT2D eigenvalue weighted by Crippen LogP contribution is -2.57. The molecule has 1 aliphatic rings. The summed E-state index contributed by atoms with van der Waals surface area (Å²) in [4.78, 5) is 13.7. The van der Waals surface area contributed by atoms with Gasteiger partial charge in [-0.2, -0.15) is 0 Å². The Morgan fingerprint density at radius 1 is 1.56 bits per heavy atom. The minimum Gasteiger partial charge on any atom is -0.463 e. The van der Waals surface area contributed by atoms with Gasteiger partial charge in [-0.1, -0.05) is 0 Å². The van der Waals surface area contributed by atoms with Crippen molar-refractivity contribution in [2.45, 2.75) is 25.9 Å². The van der Waals surface area contributed by atoms with E-state index in [1.54, 1.807) is 6.07 Å². The molecule has 1 aromatic heterocycles. The van der Waals surface area contributed by atoms with Crippen LogP contribution in [-0.2, 0) is 11.3 Å². The van der Waals surface area contributed by atoms with Crippen LogP contribution in [0.15, 0.2) is 16.5 Å². The van der Waals surface area contributed by atoms with Crippen LogP contribution >= 0.6 is 0 Å². The van der Waals surface area contributed by atoms with E-state index >= 15 is 0 Å². The molecular formula is C13H20N2O3. The summed E-state index contributed by atoms with van der Waals surface area (Å²) < 4.78 is 10.1. The van der Waals surface area contributed by atoms with Gasteiger partial charge in [0.1, 0.15) is 5.76 Å². The predicted octanol–water partition coefficient (Wildman–Crippen LogP) is 1.25. The third kappa shape index (κ3) is 2.73. The number of nitrogens with zero attached hydrogens (tertiary/aromatic N) is 1. The average molecular weight is 252 g/mol. The number of esters is 1. The van der Waals surface area contributed by atoms with E-state index in [0.717, 1.165) is 25.4 Å². The number of carbonyl (C=O) groups excluding carboxylic acids is 1. The fourth-order valence-corrected chi connectivity index (χ4v) is 2.18. The minimum absolute atomic E-state index is 0.0937. The summed E-state index contributed by atoms with van der Waals surface area (Å²) in [6, 6.07) is 3.50. The summed E-state index contributed by atoms with van der Waals surface area (Å²) in [5.74, 6) is 0.631. The van der Waals surface area contributed by atoms with Gasteiger partial charge >= 0.3 is 5.97 Å². The van der Waals surface area contributed by atoms with E-state index in [-0.39, 0.29) is 11.3 Å². The molecule has 0 bridgehead atoms. The fourth-order valence-electron chi connectivity index (χ4n) is 2.18. The van der Waals surface area contributed by atoms with Crippen molar-refractivity contribution >= 4 is 5.97 Å². The third-order valence-electron chi connectivity index (χ3n) is 3.37. The zero-order valence-electron chi connectivity index (χ0n) is 11.2. The smallest absolute Gasteiger partial charge is 0.373 e. The van der Waals surface area contributed by atoms with Crippen LogP contribution in [0.1, 0.15) is 30.2 Å². The Balaban J connectivity index is 2.04. The Morgan fingerprint density at radius 3 is 3.00 bits per heavy atom. The molecule has 2 heterocycles. The second-order valence-electron chi connectivity index (χ2n) is 5.17. The van der Waals surface area contributed by atoms with Gasteiger partial charge in [0.15, 0.2) is 0 Å². The van der Waals surface area contributed by atoms with Crippen molar-refractivity contribution in [1.82, 2.24) is 10.2 Å². The molecule has 0 atom stereocenters. The van der Waals surface area contributed by atoms with E-state index in [4.69, 9.17) is 4.42 Å². The van der Waals surface area contributed by atoms with Crippen LogP contribution < -0.4 is 5.32 Å². The van der Waals surface area contributed by atoms with Gasteiger partial charge in [0.2, 0.25) is 5.76 Å². The molecule has 1 aromatic rings. The molecule has 0 aromatic carbocycles. The highest BCUT2D eigenvalue weighted by atomic mass is 16.5. The molecule has 0 radical (unpaired) electrons. The monoisotopic (exact) mass is 252 g/mol. The third-order valence-corrected chi connectivity index (χ3v) is 3.37. The van der Waals surface area contributed by atoms with Crippen LogP contribution in [0.4, 0.5) is 0 Å². The highest BCUT2D eigenvalue weighted by Crippen LogP contribution is 2.20. The van der Waals surface area contributed by atoms with Gasteiger partial charge < -0.3 is 14.5 Å². The number of hydrogen-bond donors (Lipinski definition) is 1. The first kappa shape index (κ1) is 13.1. The quantitative estimate of drug-likeness (QED) is 0.821. The van der Waals surface area contributed by atoms with E-state index in [2.05, 4.69) is 28.8 Å². The summed E-state index contributed by atoms with van der Waals surface area (Å²) in [5, 5.41) is 3.38. The molecular weight excluding hydrogens is 232 g/mol. The summed E-state index contributed by atoms with van der Waals surface area (Å²) in [7, 11) is 1.35. The highest BCUT2D eigenvalue weighted by molar-refractivity contribution is 5.86. The lowest BCUT2D eigenvalue weighted by Gasteiger charge is -2.42. The number of ether oxygens (including phenoxy) is 1. The number of piperazine rings is 1. The van der Waals surface area contributed by atoms with Gasteiger partial charge in [0.25, 0.3) is 0 Å². The molecule has 5 nitrogen and oxygen atoms in total. The van der Waals surface area contributed by atoms with E-state index in [0.29, 0.717) is 6.54 Å². The molecule has 100 valence electrons. The van der Waals surface area contributed by atoms with Gasteiger partial charge in [-0.05, 0) is 26.0 Å². The maximum atomic E-state index is 11.3. The minimum atomic E-state index is -0.430. The first-order valence-corrected chi connectivity index (χ1v) is 6.16. The summed E-state index contributed by atoms with van der Waals surface area (Å²) in [6.45, 7) is 8.02. The maximum absolute atomic E-state index is 11.3. The normalized spacial score (nSPS) is 19.7. The lowest BCUT2D eigenvalue weighted by molar-refractivity contribution is 0.0547. The SMILES string of the molecule is COC(=O)c1ccc(CN2CCNCC2(C)C)o1. The van der Waals surface area contributed by atoms with Gasteiger partial charge in [-0.25, -0.2) is 4.79 Å². The number of hydrogen-bond acceptors (Lipinski definition) is 5. The molecule has 0 saturated carbocycles. The van der Waals surface area contributed by atoms with Crippen LogP contribution in [0, 0.1) is 0 Å². The molecule has 0 aliphatic carbocycles. The van der Waals surface area contributed by atoms with Crippen LogP contribution in [0.5, 0.6) is 0 Å². The second-order valence-corrected chi connectivity index (χ2v) is 5.17. The van der Waals surface area contributed by atoms with Crippen LogP contribution in [0.2, 0.25) is 0 Å². The Kier molecular flexibility index (Phi) is 3.73. The van der Waals surface area contributed by atoms with E-state index in [1.165, 1.54) is 7.11 Å². The van der Waals surface area contributed by atoms with Crippen molar-refractivity contribution in [3.8, 4) is 0 Å². The Hall–Kier alpha value is -1.33. The summed E-state index contributed by atoms with van der Waals surface area (Å²) >= 11 is 0. The molecule has 1 saturated heterocycles. The topological polar surface area (TPSA) is 54.7 Å². The van der Waals surface area contributed by atoms with Crippen molar-refractivity contribution in [2.75, 3.05) is 26.7 Å². The second kappa shape index (κ2) is 5.12. The molecule has 0 amide bonds. The summed E-state index contributed by atoms with van der Waals surface area (Å²) in [5.41, 5.74) is 0.0937. The largest absolute Gasteiger partial charge is 0.463 e. The van der Waals surface area contributed by atoms with Crippen molar-refractivity contribution < 1.29 is 13.9 Å². The standard InChI is InChI=1S/C13H20N2O3/c1-13(2)9-14-6-7-15(13)8-10-4-5-11(18-10)12(16)17-3/h4-5,14H,6-9H2,1-3H3. The first-order valence-electron chi connectivity index (χ1n) is 6.16. The predicted molar refractivity (Wildman–Crippen MR) is 67.4 cm³/mol. The Bertz CT molecular complexity index is 426. The number of carbonyl (C=O) groups is 1. The van der Waals surface area contributed by atoms with Crippen LogP contribution in [0.25, 0.3) is 0 Å². The average Bonchev–Trinajstić information content (AvgIpc) is 2.79. The lowest BCUT2D eigenvalue weighted by atomic mass is 10.00. The zero-order chi connectivity index (χ0) is 13.2. The van der Waals surface area contributed by atoms with Crippen molar-refractivity contribution in [3.05, 3.63) is 23.7 Å². The number of nitrogens with one attached hydrogen (secondary N) is 1. The van der Waals surface area contributed by atoms with Gasteiger partial charge in [0, 0.05) is 25.2 Å². The number of furan rings is 1. The fraction of sp³-hybridized carbons (Fsp3) is 0.615. The molecule has 5 heteroatoms. The Morgan fingerprint density at radius 2 is 2.33 bits per heavy atom.